The summed E-state index contributed by atoms with van der Waals surface area (Å²) in [5, 5.41) is 3.07. The second-order valence-electron chi connectivity index (χ2n) is 8.91. The predicted molar refractivity (Wildman–Crippen MR) is 136 cm³/mol. The van der Waals surface area contributed by atoms with Gasteiger partial charge in [-0.2, -0.15) is 0 Å². The Kier molecular flexibility index (Phi) is 6.25. The number of hydrogen-bond donors (Lipinski definition) is 1. The molecule has 2 atom stereocenters. The average Bonchev–Trinajstić information content (AvgIpc) is 3.16. The maximum atomic E-state index is 13.5. The SMILES string of the molecule is CNC(=O)c1c(-c2ccc(F)cc2)oc2cc3c(cc12)C(C)OC(c1ccc(F)cc1)CN3S(C)(=O)=O. The van der Waals surface area contributed by atoms with Gasteiger partial charge in [0.2, 0.25) is 10.0 Å². The minimum absolute atomic E-state index is 0.0405. The van der Waals surface area contributed by atoms with E-state index in [1.165, 1.54) is 47.8 Å². The van der Waals surface area contributed by atoms with E-state index in [9.17, 15) is 22.0 Å². The summed E-state index contributed by atoms with van der Waals surface area (Å²) in [4.78, 5) is 12.9. The second-order valence-corrected chi connectivity index (χ2v) is 10.8. The van der Waals surface area contributed by atoms with Crippen LogP contribution in [0, 0.1) is 11.6 Å². The number of rotatable bonds is 4. The third-order valence-corrected chi connectivity index (χ3v) is 7.59. The molecule has 0 saturated carbocycles. The molecular weight excluding hydrogens is 502 g/mol. The van der Waals surface area contributed by atoms with Crippen LogP contribution in [0.5, 0.6) is 0 Å². The van der Waals surface area contributed by atoms with Crippen LogP contribution < -0.4 is 9.62 Å². The lowest BCUT2D eigenvalue weighted by molar-refractivity contribution is 0.00529. The molecule has 1 aliphatic heterocycles. The number of anilines is 1. The van der Waals surface area contributed by atoms with Crippen LogP contribution in [0.3, 0.4) is 0 Å². The van der Waals surface area contributed by atoms with Crippen molar-refractivity contribution < 1.29 is 31.1 Å². The zero-order valence-corrected chi connectivity index (χ0v) is 21.1. The summed E-state index contributed by atoms with van der Waals surface area (Å²) in [5.74, 6) is -1.02. The van der Waals surface area contributed by atoms with Gasteiger partial charge in [0, 0.05) is 29.6 Å². The number of ether oxygens (including phenoxy) is 1. The Hall–Kier alpha value is -3.76. The standard InChI is InChI=1S/C27H24F2N2O5S/c1-15-20-12-21-23(36-26(25(21)27(32)30-2)17-6-10-19(29)11-7-17)13-22(20)31(37(3,33)34)14-24(35-15)16-4-8-18(28)9-5-16/h4-13,15,24H,14H2,1-3H3,(H,30,32). The third kappa shape index (κ3) is 4.58. The van der Waals surface area contributed by atoms with Gasteiger partial charge in [-0.05, 0) is 55.0 Å². The number of sulfonamides is 1. The van der Waals surface area contributed by atoms with Gasteiger partial charge in [0.15, 0.2) is 0 Å². The highest BCUT2D eigenvalue weighted by Gasteiger charge is 2.34. The van der Waals surface area contributed by atoms with Crippen molar-refractivity contribution in [2.75, 3.05) is 24.2 Å². The Bertz CT molecular complexity index is 1600. The van der Waals surface area contributed by atoms with Crippen molar-refractivity contribution in [1.82, 2.24) is 5.32 Å². The summed E-state index contributed by atoms with van der Waals surface area (Å²) < 4.78 is 66.5. The number of hydrogen-bond acceptors (Lipinski definition) is 5. The Morgan fingerprint density at radius 3 is 2.24 bits per heavy atom. The average molecular weight is 527 g/mol. The molecule has 0 fully saturated rings. The zero-order valence-electron chi connectivity index (χ0n) is 20.3. The molecule has 0 spiro atoms. The van der Waals surface area contributed by atoms with Gasteiger partial charge in [-0.1, -0.05) is 12.1 Å². The van der Waals surface area contributed by atoms with Gasteiger partial charge >= 0.3 is 0 Å². The molecule has 0 radical (unpaired) electrons. The zero-order chi connectivity index (χ0) is 26.5. The maximum absolute atomic E-state index is 13.5. The first kappa shape index (κ1) is 24.9. The Balaban J connectivity index is 1.71. The largest absolute Gasteiger partial charge is 0.455 e. The van der Waals surface area contributed by atoms with E-state index in [4.69, 9.17) is 9.15 Å². The molecule has 3 aromatic carbocycles. The normalized spacial score (nSPS) is 17.9. The van der Waals surface area contributed by atoms with E-state index < -0.39 is 39.8 Å². The monoisotopic (exact) mass is 526 g/mol. The van der Waals surface area contributed by atoms with E-state index >= 15 is 0 Å². The molecule has 0 aliphatic carbocycles. The highest BCUT2D eigenvalue weighted by molar-refractivity contribution is 7.92. The lowest BCUT2D eigenvalue weighted by Gasteiger charge is -2.25. The van der Waals surface area contributed by atoms with Crippen molar-refractivity contribution >= 4 is 32.6 Å². The fourth-order valence-electron chi connectivity index (χ4n) is 4.63. The van der Waals surface area contributed by atoms with Crippen molar-refractivity contribution in [2.45, 2.75) is 19.1 Å². The molecule has 5 rings (SSSR count). The smallest absolute Gasteiger partial charge is 0.255 e. The van der Waals surface area contributed by atoms with Gasteiger partial charge < -0.3 is 14.5 Å². The van der Waals surface area contributed by atoms with Gasteiger partial charge in [0.25, 0.3) is 5.91 Å². The van der Waals surface area contributed by atoms with Crippen LogP contribution in [-0.4, -0.2) is 34.2 Å². The first-order valence-electron chi connectivity index (χ1n) is 11.5. The first-order valence-corrected chi connectivity index (χ1v) is 13.4. The minimum atomic E-state index is -3.77. The van der Waals surface area contributed by atoms with Gasteiger partial charge in [0.1, 0.15) is 29.1 Å². The molecule has 1 N–H and O–H groups in total. The van der Waals surface area contributed by atoms with Crippen LogP contribution in [0.1, 0.15) is 40.6 Å². The van der Waals surface area contributed by atoms with E-state index in [0.29, 0.717) is 27.8 Å². The molecule has 0 bridgehead atoms. The van der Waals surface area contributed by atoms with Gasteiger partial charge in [-0.15, -0.1) is 0 Å². The minimum Gasteiger partial charge on any atom is -0.455 e. The molecule has 2 heterocycles. The lowest BCUT2D eigenvalue weighted by Crippen LogP contribution is -2.33. The highest BCUT2D eigenvalue weighted by atomic mass is 32.2. The van der Waals surface area contributed by atoms with Crippen LogP contribution in [0.25, 0.3) is 22.3 Å². The van der Waals surface area contributed by atoms with Crippen LogP contribution in [0.4, 0.5) is 14.5 Å². The molecule has 0 saturated heterocycles. The number of halogens is 2. The van der Waals surface area contributed by atoms with Crippen molar-refractivity contribution in [2.24, 2.45) is 0 Å². The topological polar surface area (TPSA) is 88.8 Å². The molecule has 37 heavy (non-hydrogen) atoms. The van der Waals surface area contributed by atoms with Gasteiger partial charge in [0.05, 0.1) is 30.2 Å². The van der Waals surface area contributed by atoms with Crippen LogP contribution in [-0.2, 0) is 14.8 Å². The summed E-state index contributed by atoms with van der Waals surface area (Å²) in [6, 6.07) is 14.5. The third-order valence-electron chi connectivity index (χ3n) is 6.45. The summed E-state index contributed by atoms with van der Waals surface area (Å²) in [5.41, 5.74) is 2.55. The highest BCUT2D eigenvalue weighted by Crippen LogP contribution is 2.44. The fourth-order valence-corrected chi connectivity index (χ4v) is 5.55. The van der Waals surface area contributed by atoms with E-state index in [1.807, 2.05) is 0 Å². The summed E-state index contributed by atoms with van der Waals surface area (Å²) in [7, 11) is -2.28. The fraction of sp³-hybridized carbons (Fsp3) is 0.222. The van der Waals surface area contributed by atoms with Gasteiger partial charge in [-0.25, -0.2) is 17.2 Å². The maximum Gasteiger partial charge on any atom is 0.255 e. The summed E-state index contributed by atoms with van der Waals surface area (Å²) in [6.07, 6.45) is -0.152. The molecule has 10 heteroatoms. The number of carbonyl (C=O) groups excluding carboxylic acids is 1. The predicted octanol–water partition coefficient (Wildman–Crippen LogP) is 5.34. The van der Waals surface area contributed by atoms with E-state index in [1.54, 1.807) is 31.2 Å². The molecule has 1 amide bonds. The molecule has 192 valence electrons. The number of nitrogens with one attached hydrogen (secondary N) is 1. The molecular formula is C27H24F2N2O5S. The Labute approximate surface area is 212 Å². The van der Waals surface area contributed by atoms with Gasteiger partial charge in [-0.3, -0.25) is 9.10 Å². The van der Waals surface area contributed by atoms with Crippen molar-refractivity contribution in [3.8, 4) is 11.3 Å². The van der Waals surface area contributed by atoms with E-state index in [-0.39, 0.29) is 23.5 Å². The van der Waals surface area contributed by atoms with Crippen molar-refractivity contribution in [1.29, 1.82) is 0 Å². The Morgan fingerprint density at radius 1 is 1.03 bits per heavy atom. The Morgan fingerprint density at radius 2 is 1.65 bits per heavy atom. The molecule has 1 aliphatic rings. The number of carbonyl (C=O) groups is 1. The lowest BCUT2D eigenvalue weighted by atomic mass is 10.0. The number of nitrogens with zero attached hydrogens (tertiary/aromatic N) is 1. The molecule has 1 aromatic heterocycles. The van der Waals surface area contributed by atoms with Crippen molar-refractivity contribution in [3.63, 3.8) is 0 Å². The number of benzene rings is 3. The van der Waals surface area contributed by atoms with Crippen LogP contribution in [0.15, 0.2) is 65.1 Å². The van der Waals surface area contributed by atoms with E-state index in [0.717, 1.165) is 6.26 Å². The quantitative estimate of drug-likeness (QED) is 0.388. The molecule has 4 aromatic rings. The first-order chi connectivity index (χ1) is 17.6. The van der Waals surface area contributed by atoms with E-state index in [2.05, 4.69) is 5.32 Å². The molecule has 2 unspecified atom stereocenters. The van der Waals surface area contributed by atoms with Crippen LogP contribution >= 0.6 is 0 Å². The number of furan rings is 1. The summed E-state index contributed by atoms with van der Waals surface area (Å²) in [6.45, 7) is 1.74. The number of amides is 1. The van der Waals surface area contributed by atoms with Crippen molar-refractivity contribution in [3.05, 3.63) is 89.0 Å². The summed E-state index contributed by atoms with van der Waals surface area (Å²) >= 11 is 0. The van der Waals surface area contributed by atoms with Crippen LogP contribution in [0.2, 0.25) is 0 Å². The second kappa shape index (κ2) is 9.28. The number of fused-ring (bicyclic) bond motifs is 2. The molecule has 7 nitrogen and oxygen atoms in total.